The van der Waals surface area contributed by atoms with E-state index in [0.29, 0.717) is 31.8 Å². The monoisotopic (exact) mass is 428 g/mol. The highest BCUT2D eigenvalue weighted by atomic mass is 32.2. The number of benzene rings is 1. The molecule has 0 amide bonds. The van der Waals surface area contributed by atoms with Crippen molar-refractivity contribution in [2.45, 2.75) is 11.8 Å². The van der Waals surface area contributed by atoms with Crippen molar-refractivity contribution < 1.29 is 27.1 Å². The maximum absolute atomic E-state index is 14.0. The number of sulfonamides is 1. The predicted molar refractivity (Wildman–Crippen MR) is 105 cm³/mol. The average Bonchev–Trinajstić information content (AvgIpc) is 2.64. The summed E-state index contributed by atoms with van der Waals surface area (Å²) in [6.07, 6.45) is 1.11. The Morgan fingerprint density at radius 1 is 1.21 bits per heavy atom. The van der Waals surface area contributed by atoms with Crippen LogP contribution < -0.4 is 9.62 Å². The summed E-state index contributed by atoms with van der Waals surface area (Å²) in [5, 5.41) is 9.22. The molecule has 2 N–H and O–H groups in total. The summed E-state index contributed by atoms with van der Waals surface area (Å²) in [7, 11) is -0.807. The van der Waals surface area contributed by atoms with Crippen LogP contribution in [0.1, 0.15) is 17.3 Å². The van der Waals surface area contributed by atoms with E-state index in [1.54, 1.807) is 4.90 Å². The molecule has 158 valence electrons. The first-order valence-corrected chi connectivity index (χ1v) is 10.1. The molecule has 0 spiro atoms. The Kier molecular flexibility index (Phi) is 7.09. The van der Waals surface area contributed by atoms with Crippen molar-refractivity contribution in [1.29, 1.82) is 0 Å². The predicted octanol–water partition coefficient (Wildman–Crippen LogP) is 2.25. The first kappa shape index (κ1) is 22.5. The lowest BCUT2D eigenvalue weighted by Gasteiger charge is -2.26. The largest absolute Gasteiger partial charge is 0.478 e. The lowest BCUT2D eigenvalue weighted by Crippen LogP contribution is -2.33. The van der Waals surface area contributed by atoms with Crippen molar-refractivity contribution in [3.8, 4) is 0 Å². The number of pyridine rings is 1. The number of halogens is 2. The van der Waals surface area contributed by atoms with Crippen LogP contribution in [0.3, 0.4) is 0 Å². The molecule has 11 heteroatoms. The van der Waals surface area contributed by atoms with Crippen LogP contribution in [0, 0.1) is 11.6 Å². The van der Waals surface area contributed by atoms with E-state index in [0.717, 1.165) is 18.3 Å². The molecule has 0 aliphatic carbocycles. The first-order valence-electron chi connectivity index (χ1n) is 8.66. The van der Waals surface area contributed by atoms with Crippen LogP contribution >= 0.6 is 0 Å². The highest BCUT2D eigenvalue weighted by Crippen LogP contribution is 2.28. The molecule has 1 aromatic heterocycles. The van der Waals surface area contributed by atoms with Gasteiger partial charge < -0.3 is 14.9 Å². The third-order valence-electron chi connectivity index (χ3n) is 4.04. The van der Waals surface area contributed by atoms with Gasteiger partial charge in [0.05, 0.1) is 11.3 Å². The summed E-state index contributed by atoms with van der Waals surface area (Å²) in [6, 6.07) is 3.14. The van der Waals surface area contributed by atoms with E-state index in [2.05, 4.69) is 9.71 Å². The Hall–Kier alpha value is -2.79. The molecule has 0 radical (unpaired) electrons. The fourth-order valence-corrected chi connectivity index (χ4v) is 3.66. The number of nitrogens with zero attached hydrogens (tertiary/aromatic N) is 3. The van der Waals surface area contributed by atoms with E-state index in [1.165, 1.54) is 0 Å². The molecule has 2 rings (SSSR count). The van der Waals surface area contributed by atoms with Crippen molar-refractivity contribution in [1.82, 2.24) is 9.88 Å². The van der Waals surface area contributed by atoms with Gasteiger partial charge in [-0.3, -0.25) is 4.72 Å². The average molecular weight is 428 g/mol. The Morgan fingerprint density at radius 3 is 2.48 bits per heavy atom. The van der Waals surface area contributed by atoms with Crippen LogP contribution in [-0.4, -0.2) is 63.1 Å². The third kappa shape index (κ3) is 5.61. The summed E-state index contributed by atoms with van der Waals surface area (Å²) in [5.41, 5.74) is -0.399. The van der Waals surface area contributed by atoms with Gasteiger partial charge in [-0.15, -0.1) is 0 Å². The lowest BCUT2D eigenvalue weighted by atomic mass is 10.2. The van der Waals surface area contributed by atoms with Crippen LogP contribution in [0.2, 0.25) is 0 Å². The fourth-order valence-electron chi connectivity index (χ4n) is 2.52. The van der Waals surface area contributed by atoms with Crippen molar-refractivity contribution in [3.05, 3.63) is 47.7 Å². The third-order valence-corrected chi connectivity index (χ3v) is 5.42. The van der Waals surface area contributed by atoms with Gasteiger partial charge in [-0.1, -0.05) is 0 Å². The van der Waals surface area contributed by atoms with Crippen LogP contribution in [0.15, 0.2) is 35.4 Å². The molecule has 0 aliphatic heterocycles. The molecule has 8 nitrogen and oxygen atoms in total. The minimum absolute atomic E-state index is 0.144. The maximum atomic E-state index is 14.0. The Labute approximate surface area is 167 Å². The van der Waals surface area contributed by atoms with Gasteiger partial charge in [0.2, 0.25) is 0 Å². The molecule has 2 aromatic rings. The van der Waals surface area contributed by atoms with E-state index in [9.17, 15) is 27.1 Å². The van der Waals surface area contributed by atoms with Gasteiger partial charge in [0.1, 0.15) is 16.5 Å². The van der Waals surface area contributed by atoms with Crippen LogP contribution in [0.25, 0.3) is 0 Å². The molecule has 1 heterocycles. The highest BCUT2D eigenvalue weighted by molar-refractivity contribution is 7.92. The molecule has 1 aromatic carbocycles. The quantitative estimate of drug-likeness (QED) is 0.631. The summed E-state index contributed by atoms with van der Waals surface area (Å²) in [4.78, 5) is 18.2. The summed E-state index contributed by atoms with van der Waals surface area (Å²) in [5.74, 6) is -3.19. The number of carboxylic acids is 1. The molecule has 0 saturated carbocycles. The van der Waals surface area contributed by atoms with E-state index < -0.39 is 32.5 Å². The first-order chi connectivity index (χ1) is 13.5. The number of anilines is 2. The van der Waals surface area contributed by atoms with Crippen molar-refractivity contribution in [3.63, 3.8) is 0 Å². The number of hydrogen-bond acceptors (Lipinski definition) is 6. The van der Waals surface area contributed by atoms with Gasteiger partial charge in [0, 0.05) is 25.8 Å². The maximum Gasteiger partial charge on any atom is 0.337 e. The fraction of sp³-hybridized carbons (Fsp3) is 0.333. The van der Waals surface area contributed by atoms with Crippen molar-refractivity contribution >= 4 is 27.5 Å². The number of carbonyl (C=O) groups is 1. The molecule has 0 saturated heterocycles. The zero-order valence-electron chi connectivity index (χ0n) is 16.2. The summed E-state index contributed by atoms with van der Waals surface area (Å²) in [6.45, 7) is 3.39. The normalized spacial score (nSPS) is 11.5. The van der Waals surface area contributed by atoms with Gasteiger partial charge in [0.15, 0.2) is 5.82 Å². The Balaban J connectivity index is 2.52. The number of hydrogen-bond donors (Lipinski definition) is 2. The number of nitrogens with one attached hydrogen (secondary N) is 1. The molecule has 0 unspecified atom stereocenters. The number of carboxylic acid groups (broad SMARTS) is 1. The number of rotatable bonds is 9. The van der Waals surface area contributed by atoms with E-state index in [1.807, 2.05) is 25.9 Å². The zero-order valence-corrected chi connectivity index (χ0v) is 17.0. The zero-order chi connectivity index (χ0) is 21.8. The Morgan fingerprint density at radius 2 is 1.90 bits per heavy atom. The standard InChI is InChI=1S/C18H22F2N4O4S/c1-4-24(8-7-23(2)3)17-15(9-12(11-21-17)18(25)26)22-29(27,28)16-10-13(19)5-6-14(16)20/h5-6,9-11,22H,4,7-8H2,1-3H3,(H,25,26). The summed E-state index contributed by atoms with van der Waals surface area (Å²) < 4.78 is 54.9. The molecular formula is C18H22F2N4O4S. The van der Waals surface area contributed by atoms with E-state index in [4.69, 9.17) is 0 Å². The Bertz CT molecular complexity index is 999. The smallest absolute Gasteiger partial charge is 0.337 e. The SMILES string of the molecule is CCN(CCN(C)C)c1ncc(C(=O)O)cc1NS(=O)(=O)c1cc(F)ccc1F. The minimum Gasteiger partial charge on any atom is -0.478 e. The summed E-state index contributed by atoms with van der Waals surface area (Å²) >= 11 is 0. The molecule has 0 aliphatic rings. The van der Waals surface area contributed by atoms with Crippen LogP contribution in [0.4, 0.5) is 20.3 Å². The number of likely N-dealkylation sites (N-methyl/N-ethyl adjacent to an activating group) is 2. The second-order valence-electron chi connectivity index (χ2n) is 6.46. The minimum atomic E-state index is -4.54. The van der Waals surface area contributed by atoms with Gasteiger partial charge in [-0.2, -0.15) is 0 Å². The molecule has 0 atom stereocenters. The molecule has 0 bridgehead atoms. The van der Waals surface area contributed by atoms with Gasteiger partial charge in [-0.25, -0.2) is 27.0 Å². The molecule has 29 heavy (non-hydrogen) atoms. The number of aromatic carboxylic acids is 1. The highest BCUT2D eigenvalue weighted by Gasteiger charge is 2.24. The van der Waals surface area contributed by atoms with Crippen LogP contribution in [-0.2, 0) is 10.0 Å². The van der Waals surface area contributed by atoms with Crippen molar-refractivity contribution in [2.75, 3.05) is 43.4 Å². The van der Waals surface area contributed by atoms with Gasteiger partial charge in [0.25, 0.3) is 10.0 Å². The van der Waals surface area contributed by atoms with Crippen LogP contribution in [0.5, 0.6) is 0 Å². The topological polar surface area (TPSA) is 103 Å². The second-order valence-corrected chi connectivity index (χ2v) is 8.11. The molecule has 0 fully saturated rings. The second kappa shape index (κ2) is 9.14. The van der Waals surface area contributed by atoms with Gasteiger partial charge in [-0.05, 0) is 45.3 Å². The van der Waals surface area contributed by atoms with Gasteiger partial charge >= 0.3 is 5.97 Å². The van der Waals surface area contributed by atoms with E-state index in [-0.39, 0.29) is 17.1 Å². The molecular weight excluding hydrogens is 406 g/mol. The van der Waals surface area contributed by atoms with E-state index >= 15 is 0 Å². The van der Waals surface area contributed by atoms with Crippen molar-refractivity contribution in [2.24, 2.45) is 0 Å². The number of aromatic nitrogens is 1. The lowest BCUT2D eigenvalue weighted by molar-refractivity contribution is 0.0696.